The molecule has 1 fully saturated rings. The average molecular weight is 432 g/mol. The van der Waals surface area contributed by atoms with Crippen LogP contribution in [0.4, 0.5) is 5.69 Å². The minimum Gasteiger partial charge on any atom is -0.493 e. The second kappa shape index (κ2) is 9.96. The molecule has 0 bridgehead atoms. The molecular formula is C23H26ClNO5. The molecule has 0 aromatic heterocycles. The van der Waals surface area contributed by atoms with Gasteiger partial charge in [0.1, 0.15) is 11.3 Å². The van der Waals surface area contributed by atoms with Crippen molar-refractivity contribution < 1.29 is 23.8 Å². The first-order chi connectivity index (χ1) is 14.5. The average Bonchev–Trinajstić information content (AvgIpc) is 2.76. The molecule has 1 heterocycles. The molecular weight excluding hydrogens is 406 g/mol. The smallest absolute Gasteiger partial charge is 0.341 e. The lowest BCUT2D eigenvalue weighted by molar-refractivity contribution is -0.125. The molecule has 30 heavy (non-hydrogen) atoms. The molecule has 0 spiro atoms. The van der Waals surface area contributed by atoms with Crippen molar-refractivity contribution in [3.63, 3.8) is 0 Å². The number of halogens is 1. The van der Waals surface area contributed by atoms with E-state index >= 15 is 0 Å². The Morgan fingerprint density at radius 1 is 1.07 bits per heavy atom. The van der Waals surface area contributed by atoms with E-state index in [9.17, 15) is 9.59 Å². The molecule has 0 atom stereocenters. The summed E-state index contributed by atoms with van der Waals surface area (Å²) >= 11 is 6.04. The van der Waals surface area contributed by atoms with Crippen LogP contribution in [-0.4, -0.2) is 38.3 Å². The van der Waals surface area contributed by atoms with Gasteiger partial charge >= 0.3 is 5.97 Å². The summed E-state index contributed by atoms with van der Waals surface area (Å²) in [4.78, 5) is 25.8. The van der Waals surface area contributed by atoms with Crippen molar-refractivity contribution in [2.75, 3.05) is 31.7 Å². The van der Waals surface area contributed by atoms with Crippen LogP contribution in [0.25, 0.3) is 0 Å². The number of carbonyl (C=O) groups excluding carboxylic acids is 2. The van der Waals surface area contributed by atoms with Gasteiger partial charge in [0.25, 0.3) is 0 Å². The number of anilines is 1. The molecule has 2 aromatic carbocycles. The monoisotopic (exact) mass is 431 g/mol. The molecule has 1 aliphatic heterocycles. The maximum atomic E-state index is 13.4. The molecule has 0 aliphatic carbocycles. The minimum atomic E-state index is -0.731. The number of hydrogen-bond acceptors (Lipinski definition) is 5. The lowest BCUT2D eigenvalue weighted by atomic mass is 9.73. The molecule has 2 aromatic rings. The van der Waals surface area contributed by atoms with E-state index in [4.69, 9.17) is 25.8 Å². The van der Waals surface area contributed by atoms with Gasteiger partial charge < -0.3 is 19.5 Å². The summed E-state index contributed by atoms with van der Waals surface area (Å²) < 4.78 is 16.2. The summed E-state index contributed by atoms with van der Waals surface area (Å²) in [7, 11) is 0. The predicted octanol–water partition coefficient (Wildman–Crippen LogP) is 4.60. The van der Waals surface area contributed by atoms with E-state index in [0.29, 0.717) is 49.1 Å². The molecule has 1 amide bonds. The molecule has 1 aliphatic rings. The highest BCUT2D eigenvalue weighted by Crippen LogP contribution is 2.37. The Kier molecular flexibility index (Phi) is 7.34. The van der Waals surface area contributed by atoms with E-state index in [-0.39, 0.29) is 18.1 Å². The number of amides is 1. The standard InChI is InChI=1S/C23H26ClNO5/c1-3-29-20-10-9-18(15-19(20)21(26)30-4-2)25-22(27)23(11-13-28-14-12-23)16-5-7-17(24)8-6-16/h5-10,15H,3-4,11-14H2,1-2H3,(H,25,27). The number of carbonyl (C=O) groups is 2. The topological polar surface area (TPSA) is 73.9 Å². The van der Waals surface area contributed by atoms with Crippen LogP contribution in [0.3, 0.4) is 0 Å². The fourth-order valence-electron chi connectivity index (χ4n) is 3.64. The fraction of sp³-hybridized carbons (Fsp3) is 0.391. The molecule has 0 radical (unpaired) electrons. The SMILES string of the molecule is CCOC(=O)c1cc(NC(=O)C2(c3ccc(Cl)cc3)CCOCC2)ccc1OCC. The Balaban J connectivity index is 1.91. The molecule has 6 nitrogen and oxygen atoms in total. The summed E-state index contributed by atoms with van der Waals surface area (Å²) in [6, 6.07) is 12.3. The molecule has 1 saturated heterocycles. The number of benzene rings is 2. The highest BCUT2D eigenvalue weighted by molar-refractivity contribution is 6.30. The summed E-state index contributed by atoms with van der Waals surface area (Å²) in [5, 5.41) is 3.60. The van der Waals surface area contributed by atoms with E-state index in [1.807, 2.05) is 19.1 Å². The van der Waals surface area contributed by atoms with E-state index in [0.717, 1.165) is 5.56 Å². The number of esters is 1. The van der Waals surface area contributed by atoms with Crippen molar-refractivity contribution in [1.29, 1.82) is 0 Å². The van der Waals surface area contributed by atoms with Crippen molar-refractivity contribution >= 4 is 29.2 Å². The van der Waals surface area contributed by atoms with Gasteiger partial charge in [0.15, 0.2) is 0 Å². The van der Waals surface area contributed by atoms with E-state index in [1.165, 1.54) is 0 Å². The van der Waals surface area contributed by atoms with E-state index < -0.39 is 11.4 Å². The molecule has 3 rings (SSSR count). The zero-order chi connectivity index (χ0) is 21.6. The maximum Gasteiger partial charge on any atom is 0.341 e. The maximum absolute atomic E-state index is 13.4. The highest BCUT2D eigenvalue weighted by Gasteiger charge is 2.41. The molecule has 0 unspecified atom stereocenters. The molecule has 7 heteroatoms. The summed E-state index contributed by atoms with van der Waals surface area (Å²) in [6.07, 6.45) is 1.12. The summed E-state index contributed by atoms with van der Waals surface area (Å²) in [5.41, 5.74) is 0.950. The first kappa shape index (κ1) is 22.1. The predicted molar refractivity (Wildman–Crippen MR) is 115 cm³/mol. The highest BCUT2D eigenvalue weighted by atomic mass is 35.5. The van der Waals surface area contributed by atoms with Crippen molar-refractivity contribution in [1.82, 2.24) is 0 Å². The Morgan fingerprint density at radius 2 is 1.77 bits per heavy atom. The summed E-state index contributed by atoms with van der Waals surface area (Å²) in [6.45, 7) is 5.23. The van der Waals surface area contributed by atoms with E-state index in [1.54, 1.807) is 37.3 Å². The third-order valence-electron chi connectivity index (χ3n) is 5.21. The van der Waals surface area contributed by atoms with Gasteiger partial charge in [0, 0.05) is 23.9 Å². The normalized spacial score (nSPS) is 15.3. The second-order valence-electron chi connectivity index (χ2n) is 7.02. The van der Waals surface area contributed by atoms with Gasteiger partial charge in [0.2, 0.25) is 5.91 Å². The quantitative estimate of drug-likeness (QED) is 0.648. The van der Waals surface area contributed by atoms with Crippen molar-refractivity contribution in [2.24, 2.45) is 0 Å². The molecule has 1 N–H and O–H groups in total. The second-order valence-corrected chi connectivity index (χ2v) is 7.46. The van der Waals surface area contributed by atoms with Gasteiger partial charge in [-0.3, -0.25) is 4.79 Å². The van der Waals surface area contributed by atoms with E-state index in [2.05, 4.69) is 5.32 Å². The zero-order valence-corrected chi connectivity index (χ0v) is 18.0. The van der Waals surface area contributed by atoms with Crippen LogP contribution < -0.4 is 10.1 Å². The third-order valence-corrected chi connectivity index (χ3v) is 5.46. The first-order valence-electron chi connectivity index (χ1n) is 10.1. The minimum absolute atomic E-state index is 0.146. The summed E-state index contributed by atoms with van der Waals surface area (Å²) in [5.74, 6) is -0.213. The van der Waals surface area contributed by atoms with Crippen LogP contribution in [0.15, 0.2) is 42.5 Å². The van der Waals surface area contributed by atoms with Gasteiger partial charge in [-0.25, -0.2) is 4.79 Å². The Morgan fingerprint density at radius 3 is 2.40 bits per heavy atom. The fourth-order valence-corrected chi connectivity index (χ4v) is 3.77. The number of rotatable bonds is 7. The van der Waals surface area contributed by atoms with Crippen molar-refractivity contribution in [3.05, 3.63) is 58.6 Å². The van der Waals surface area contributed by atoms with Crippen LogP contribution >= 0.6 is 11.6 Å². The van der Waals surface area contributed by atoms with Crippen LogP contribution in [0.2, 0.25) is 5.02 Å². The number of nitrogens with one attached hydrogen (secondary N) is 1. The third kappa shape index (κ3) is 4.77. The lowest BCUT2D eigenvalue weighted by Gasteiger charge is -2.36. The van der Waals surface area contributed by atoms with Gasteiger partial charge in [-0.2, -0.15) is 0 Å². The van der Waals surface area contributed by atoms with Crippen molar-refractivity contribution in [2.45, 2.75) is 32.1 Å². The molecule has 0 saturated carbocycles. The van der Waals surface area contributed by atoms with Crippen LogP contribution in [0, 0.1) is 0 Å². The number of hydrogen-bond donors (Lipinski definition) is 1. The Labute approximate surface area is 181 Å². The molecule has 160 valence electrons. The van der Waals surface area contributed by atoms with Crippen LogP contribution in [-0.2, 0) is 19.7 Å². The van der Waals surface area contributed by atoms with Gasteiger partial charge in [-0.05, 0) is 62.6 Å². The van der Waals surface area contributed by atoms with Crippen LogP contribution in [0.5, 0.6) is 5.75 Å². The van der Waals surface area contributed by atoms with Gasteiger partial charge in [-0.15, -0.1) is 0 Å². The first-order valence-corrected chi connectivity index (χ1v) is 10.5. The largest absolute Gasteiger partial charge is 0.493 e. The van der Waals surface area contributed by atoms with Crippen LogP contribution in [0.1, 0.15) is 42.6 Å². The Bertz CT molecular complexity index is 891. The van der Waals surface area contributed by atoms with Gasteiger partial charge in [-0.1, -0.05) is 23.7 Å². The number of ether oxygens (including phenoxy) is 3. The van der Waals surface area contributed by atoms with Gasteiger partial charge in [0.05, 0.1) is 18.6 Å². The Hall–Kier alpha value is -2.57. The lowest BCUT2D eigenvalue weighted by Crippen LogP contribution is -2.44. The zero-order valence-electron chi connectivity index (χ0n) is 17.2. The van der Waals surface area contributed by atoms with Crippen molar-refractivity contribution in [3.8, 4) is 5.75 Å².